The predicted octanol–water partition coefficient (Wildman–Crippen LogP) is 0.576. The van der Waals surface area contributed by atoms with Gasteiger partial charge < -0.3 is 15.5 Å². The first-order chi connectivity index (χ1) is 9.78. The number of carbonyl (C=O) groups excluding carboxylic acids is 1. The summed E-state index contributed by atoms with van der Waals surface area (Å²) in [7, 11) is -0.107. The first-order valence-electron chi connectivity index (χ1n) is 6.73. The van der Waals surface area contributed by atoms with E-state index in [4.69, 9.17) is 5.73 Å². The minimum Gasteiger partial charge on any atom is -0.382 e. The van der Waals surface area contributed by atoms with Crippen molar-refractivity contribution >= 4 is 38.1 Å². The van der Waals surface area contributed by atoms with Crippen LogP contribution in [0.4, 0.5) is 10.8 Å². The van der Waals surface area contributed by atoms with E-state index in [2.05, 4.69) is 4.37 Å². The molecule has 118 valence electrons. The molecule has 0 unspecified atom stereocenters. The maximum Gasteiger partial charge on any atom is 0.241 e. The number of rotatable bonds is 6. The molecule has 2 rings (SSSR count). The van der Waals surface area contributed by atoms with E-state index in [0.717, 1.165) is 11.5 Å². The molecular weight excluding hydrogens is 312 g/mol. The normalized spacial score (nSPS) is 15.0. The highest BCUT2D eigenvalue weighted by atomic mass is 32.2. The molecule has 1 amide bonds. The Hall–Kier alpha value is -1.35. The number of hydrogen-bond acceptors (Lipinski definition) is 7. The van der Waals surface area contributed by atoms with Crippen molar-refractivity contribution in [1.29, 1.82) is 0 Å². The first kappa shape index (κ1) is 16.0. The third-order valence-electron chi connectivity index (χ3n) is 3.40. The minimum absolute atomic E-state index is 0.0395. The summed E-state index contributed by atoms with van der Waals surface area (Å²) >= 11 is 1.04. The molecule has 0 atom stereocenters. The standard InChI is InChI=1S/C12H20N4O3S2/c1-4-16(7-9(17)15(2)3)12-10(11(13)14-20-12)21(18,19)8-5-6-8/h8H,4-7H2,1-3H3,(H2,13,14). The molecule has 0 spiro atoms. The monoisotopic (exact) mass is 332 g/mol. The van der Waals surface area contributed by atoms with Gasteiger partial charge in [-0.1, -0.05) is 0 Å². The van der Waals surface area contributed by atoms with Gasteiger partial charge in [0, 0.05) is 20.6 Å². The molecule has 0 bridgehead atoms. The molecule has 0 radical (unpaired) electrons. The first-order valence-corrected chi connectivity index (χ1v) is 9.05. The van der Waals surface area contributed by atoms with Crippen LogP contribution in [0, 0.1) is 0 Å². The number of hydrogen-bond donors (Lipinski definition) is 1. The Morgan fingerprint density at radius 1 is 1.43 bits per heavy atom. The smallest absolute Gasteiger partial charge is 0.241 e. The lowest BCUT2D eigenvalue weighted by Crippen LogP contribution is -2.36. The quantitative estimate of drug-likeness (QED) is 0.818. The average molecular weight is 332 g/mol. The van der Waals surface area contributed by atoms with Crippen LogP contribution in [0.3, 0.4) is 0 Å². The average Bonchev–Trinajstić information content (AvgIpc) is 3.19. The Morgan fingerprint density at radius 2 is 2.05 bits per heavy atom. The second-order valence-corrected chi connectivity index (χ2v) is 8.17. The molecule has 0 aliphatic heterocycles. The highest BCUT2D eigenvalue weighted by Crippen LogP contribution is 2.42. The van der Waals surface area contributed by atoms with Gasteiger partial charge in [-0.2, -0.15) is 4.37 Å². The fourth-order valence-electron chi connectivity index (χ4n) is 1.93. The molecule has 0 aromatic carbocycles. The second-order valence-electron chi connectivity index (χ2n) is 5.25. The van der Waals surface area contributed by atoms with Crippen LogP contribution in [-0.4, -0.2) is 56.0 Å². The number of anilines is 2. The van der Waals surface area contributed by atoms with Crippen molar-refractivity contribution in [3.05, 3.63) is 0 Å². The molecular formula is C12H20N4O3S2. The van der Waals surface area contributed by atoms with E-state index in [1.807, 2.05) is 6.92 Å². The molecule has 1 heterocycles. The van der Waals surface area contributed by atoms with Crippen LogP contribution in [0.15, 0.2) is 4.90 Å². The SMILES string of the molecule is CCN(CC(=O)N(C)C)c1snc(N)c1S(=O)(=O)C1CC1. The zero-order chi connectivity index (χ0) is 15.8. The van der Waals surface area contributed by atoms with E-state index < -0.39 is 9.84 Å². The number of aromatic nitrogens is 1. The summed E-state index contributed by atoms with van der Waals surface area (Å²) in [4.78, 5) is 15.2. The molecule has 21 heavy (non-hydrogen) atoms. The zero-order valence-corrected chi connectivity index (χ0v) is 14.0. The molecule has 1 aromatic rings. The predicted molar refractivity (Wildman–Crippen MR) is 83.3 cm³/mol. The summed E-state index contributed by atoms with van der Waals surface area (Å²) < 4.78 is 29.0. The van der Waals surface area contributed by atoms with E-state index in [-0.39, 0.29) is 28.4 Å². The van der Waals surface area contributed by atoms with E-state index >= 15 is 0 Å². The maximum absolute atomic E-state index is 12.5. The van der Waals surface area contributed by atoms with E-state index in [0.29, 0.717) is 24.4 Å². The van der Waals surface area contributed by atoms with Crippen LogP contribution >= 0.6 is 11.5 Å². The van der Waals surface area contributed by atoms with Crippen molar-refractivity contribution in [2.45, 2.75) is 29.9 Å². The zero-order valence-electron chi connectivity index (χ0n) is 12.4. The van der Waals surface area contributed by atoms with Crippen LogP contribution in [0.2, 0.25) is 0 Å². The van der Waals surface area contributed by atoms with E-state index in [1.54, 1.807) is 19.0 Å². The number of likely N-dealkylation sites (N-methyl/N-ethyl adjacent to an activating group) is 2. The van der Waals surface area contributed by atoms with Crippen LogP contribution < -0.4 is 10.6 Å². The Labute approximate surface area is 128 Å². The number of nitrogen functional groups attached to an aromatic ring is 1. The summed E-state index contributed by atoms with van der Waals surface area (Å²) in [5.74, 6) is -0.0590. The second kappa shape index (κ2) is 5.80. The molecule has 1 aliphatic rings. The largest absolute Gasteiger partial charge is 0.382 e. The Bertz CT molecular complexity index is 635. The number of amides is 1. The third kappa shape index (κ3) is 3.13. The van der Waals surface area contributed by atoms with E-state index in [1.165, 1.54) is 4.90 Å². The fraction of sp³-hybridized carbons (Fsp3) is 0.667. The van der Waals surface area contributed by atoms with Gasteiger partial charge in [0.2, 0.25) is 5.91 Å². The molecule has 2 N–H and O–H groups in total. The van der Waals surface area contributed by atoms with Crippen molar-refractivity contribution in [3.8, 4) is 0 Å². The lowest BCUT2D eigenvalue weighted by atomic mass is 10.4. The van der Waals surface area contributed by atoms with Crippen LogP contribution in [0.25, 0.3) is 0 Å². The van der Waals surface area contributed by atoms with Crippen molar-refractivity contribution in [1.82, 2.24) is 9.27 Å². The summed E-state index contributed by atoms with van der Waals surface area (Å²) in [6.07, 6.45) is 1.33. The van der Waals surface area contributed by atoms with Gasteiger partial charge in [0.05, 0.1) is 11.8 Å². The van der Waals surface area contributed by atoms with Crippen molar-refractivity contribution in [3.63, 3.8) is 0 Å². The van der Waals surface area contributed by atoms with Gasteiger partial charge in [0.15, 0.2) is 15.7 Å². The lowest BCUT2D eigenvalue weighted by Gasteiger charge is -2.23. The number of sulfone groups is 1. The van der Waals surface area contributed by atoms with Gasteiger partial charge >= 0.3 is 0 Å². The van der Waals surface area contributed by atoms with Gasteiger partial charge in [-0.3, -0.25) is 4.79 Å². The Kier molecular flexibility index (Phi) is 4.43. The van der Waals surface area contributed by atoms with Crippen molar-refractivity contribution in [2.24, 2.45) is 0 Å². The van der Waals surface area contributed by atoms with E-state index in [9.17, 15) is 13.2 Å². The summed E-state index contributed by atoms with van der Waals surface area (Å²) in [6.45, 7) is 2.49. The highest BCUT2D eigenvalue weighted by molar-refractivity contribution is 7.92. The third-order valence-corrected chi connectivity index (χ3v) is 6.77. The van der Waals surface area contributed by atoms with Crippen LogP contribution in [-0.2, 0) is 14.6 Å². The minimum atomic E-state index is -3.44. The van der Waals surface area contributed by atoms with Gasteiger partial charge in [-0.05, 0) is 31.3 Å². The summed E-state index contributed by atoms with van der Waals surface area (Å²) in [5.41, 5.74) is 5.77. The number of nitrogens with zero attached hydrogens (tertiary/aromatic N) is 3. The summed E-state index contributed by atoms with van der Waals surface area (Å²) in [5, 5.41) is 0.121. The molecule has 1 aromatic heterocycles. The van der Waals surface area contributed by atoms with Crippen molar-refractivity contribution in [2.75, 3.05) is 37.8 Å². The molecule has 9 heteroatoms. The number of nitrogens with two attached hydrogens (primary N) is 1. The molecule has 1 fully saturated rings. The molecule has 0 saturated heterocycles. The van der Waals surface area contributed by atoms with Crippen LogP contribution in [0.5, 0.6) is 0 Å². The topological polar surface area (TPSA) is 96.6 Å². The Balaban J connectivity index is 2.37. The highest BCUT2D eigenvalue weighted by Gasteiger charge is 2.41. The number of carbonyl (C=O) groups is 1. The van der Waals surface area contributed by atoms with Gasteiger partial charge in [-0.15, -0.1) is 0 Å². The van der Waals surface area contributed by atoms with Gasteiger partial charge in [-0.25, -0.2) is 8.42 Å². The summed E-state index contributed by atoms with van der Waals surface area (Å²) in [6, 6.07) is 0. The van der Waals surface area contributed by atoms with Crippen LogP contribution in [0.1, 0.15) is 19.8 Å². The lowest BCUT2D eigenvalue weighted by molar-refractivity contribution is -0.127. The Morgan fingerprint density at radius 3 is 2.52 bits per heavy atom. The molecule has 1 saturated carbocycles. The molecule has 1 aliphatic carbocycles. The maximum atomic E-state index is 12.5. The van der Waals surface area contributed by atoms with Gasteiger partial charge in [0.1, 0.15) is 9.90 Å². The molecule has 7 nitrogen and oxygen atoms in total. The van der Waals surface area contributed by atoms with Crippen molar-refractivity contribution < 1.29 is 13.2 Å². The van der Waals surface area contributed by atoms with Gasteiger partial charge in [0.25, 0.3) is 0 Å². The fourth-order valence-corrected chi connectivity index (χ4v) is 5.02.